The Morgan fingerprint density at radius 1 is 1.05 bits per heavy atom. The van der Waals surface area contributed by atoms with E-state index < -0.39 is 11.8 Å². The van der Waals surface area contributed by atoms with E-state index in [0.717, 1.165) is 5.56 Å². The standard InChI is InChI=1S/C16H19N3O3/c1-10-9-13(22-19-10)15(21)18-17-14(20)11-5-7-12(8-6-11)16(2,3)4/h5-9H,1-4H3,(H,17,20)(H,18,21). The lowest BCUT2D eigenvalue weighted by molar-refractivity contribution is 0.0825. The summed E-state index contributed by atoms with van der Waals surface area (Å²) < 4.78 is 4.80. The second kappa shape index (κ2) is 6.01. The maximum atomic E-state index is 12.0. The predicted octanol–water partition coefficient (Wildman–Crippen LogP) is 2.36. The van der Waals surface area contributed by atoms with Crippen LogP contribution in [0.15, 0.2) is 34.9 Å². The highest BCUT2D eigenvalue weighted by Gasteiger charge is 2.15. The van der Waals surface area contributed by atoms with Crippen LogP contribution >= 0.6 is 0 Å². The van der Waals surface area contributed by atoms with Gasteiger partial charge in [0.25, 0.3) is 5.91 Å². The van der Waals surface area contributed by atoms with Gasteiger partial charge in [0.05, 0.1) is 5.69 Å². The minimum absolute atomic E-state index is 0.0212. The van der Waals surface area contributed by atoms with Gasteiger partial charge >= 0.3 is 5.91 Å². The molecule has 6 heteroatoms. The van der Waals surface area contributed by atoms with Gasteiger partial charge < -0.3 is 4.52 Å². The fourth-order valence-corrected chi connectivity index (χ4v) is 1.84. The van der Waals surface area contributed by atoms with Crippen LogP contribution in [0.25, 0.3) is 0 Å². The number of hydrazine groups is 1. The van der Waals surface area contributed by atoms with Gasteiger partial charge in [0.15, 0.2) is 0 Å². The number of aryl methyl sites for hydroxylation is 1. The van der Waals surface area contributed by atoms with Crippen LogP contribution < -0.4 is 10.9 Å². The van der Waals surface area contributed by atoms with Gasteiger partial charge in [0, 0.05) is 11.6 Å². The van der Waals surface area contributed by atoms with Crippen LogP contribution in [0, 0.1) is 6.92 Å². The highest BCUT2D eigenvalue weighted by molar-refractivity contribution is 5.97. The third-order valence-corrected chi connectivity index (χ3v) is 3.15. The molecule has 0 spiro atoms. The second-order valence-electron chi connectivity index (χ2n) is 6.07. The molecule has 1 heterocycles. The molecule has 0 saturated carbocycles. The zero-order valence-corrected chi connectivity index (χ0v) is 13.1. The molecule has 2 rings (SSSR count). The van der Waals surface area contributed by atoms with Crippen LogP contribution in [-0.4, -0.2) is 17.0 Å². The Morgan fingerprint density at radius 3 is 2.14 bits per heavy atom. The van der Waals surface area contributed by atoms with Crippen LogP contribution in [0.1, 0.15) is 52.9 Å². The average Bonchev–Trinajstić information content (AvgIpc) is 2.90. The normalized spacial score (nSPS) is 11.1. The number of carbonyl (C=O) groups excluding carboxylic acids is 2. The molecule has 2 aromatic rings. The molecule has 22 heavy (non-hydrogen) atoms. The Kier molecular flexibility index (Phi) is 4.30. The van der Waals surface area contributed by atoms with E-state index in [1.165, 1.54) is 6.07 Å². The molecule has 116 valence electrons. The fraction of sp³-hybridized carbons (Fsp3) is 0.312. The second-order valence-corrected chi connectivity index (χ2v) is 6.07. The van der Waals surface area contributed by atoms with E-state index in [2.05, 4.69) is 36.8 Å². The Bertz CT molecular complexity index is 681. The summed E-state index contributed by atoms with van der Waals surface area (Å²) in [5, 5.41) is 3.61. The third-order valence-electron chi connectivity index (χ3n) is 3.15. The van der Waals surface area contributed by atoms with Crippen molar-refractivity contribution in [3.8, 4) is 0 Å². The van der Waals surface area contributed by atoms with E-state index in [4.69, 9.17) is 4.52 Å². The molecular formula is C16H19N3O3. The maximum Gasteiger partial charge on any atom is 0.308 e. The molecule has 0 unspecified atom stereocenters. The van der Waals surface area contributed by atoms with Crippen molar-refractivity contribution in [3.63, 3.8) is 0 Å². The third kappa shape index (κ3) is 3.72. The summed E-state index contributed by atoms with van der Waals surface area (Å²) in [6.07, 6.45) is 0. The van der Waals surface area contributed by atoms with Crippen molar-refractivity contribution >= 4 is 11.8 Å². The number of benzene rings is 1. The first-order valence-corrected chi connectivity index (χ1v) is 6.92. The smallest absolute Gasteiger partial charge is 0.308 e. The van der Waals surface area contributed by atoms with E-state index in [9.17, 15) is 9.59 Å². The molecule has 2 N–H and O–H groups in total. The first-order chi connectivity index (χ1) is 10.3. The molecule has 2 amide bonds. The zero-order valence-electron chi connectivity index (χ0n) is 13.1. The molecule has 1 aromatic carbocycles. The quantitative estimate of drug-likeness (QED) is 0.834. The number of nitrogens with zero attached hydrogens (tertiary/aromatic N) is 1. The van der Waals surface area contributed by atoms with Crippen molar-refractivity contribution in [1.82, 2.24) is 16.0 Å². The lowest BCUT2D eigenvalue weighted by Crippen LogP contribution is -2.41. The van der Waals surface area contributed by atoms with E-state index in [1.807, 2.05) is 12.1 Å². The summed E-state index contributed by atoms with van der Waals surface area (Å²) >= 11 is 0. The van der Waals surface area contributed by atoms with Crippen molar-refractivity contribution in [2.75, 3.05) is 0 Å². The average molecular weight is 301 g/mol. The monoisotopic (exact) mass is 301 g/mol. The Balaban J connectivity index is 1.96. The van der Waals surface area contributed by atoms with E-state index in [1.54, 1.807) is 19.1 Å². The van der Waals surface area contributed by atoms with Crippen LogP contribution in [0.3, 0.4) is 0 Å². The van der Waals surface area contributed by atoms with Crippen molar-refractivity contribution in [2.45, 2.75) is 33.1 Å². The summed E-state index contributed by atoms with van der Waals surface area (Å²) in [7, 11) is 0. The number of rotatable bonds is 2. The lowest BCUT2D eigenvalue weighted by atomic mass is 9.87. The molecule has 0 saturated heterocycles. The molecule has 0 atom stereocenters. The summed E-state index contributed by atoms with van der Waals surface area (Å²) in [4.78, 5) is 23.7. The topological polar surface area (TPSA) is 84.2 Å². The lowest BCUT2D eigenvalue weighted by Gasteiger charge is -2.19. The van der Waals surface area contributed by atoms with Gasteiger partial charge in [-0.2, -0.15) is 0 Å². The highest BCUT2D eigenvalue weighted by atomic mass is 16.5. The Morgan fingerprint density at radius 2 is 1.64 bits per heavy atom. The SMILES string of the molecule is Cc1cc(C(=O)NNC(=O)c2ccc(C(C)(C)C)cc2)on1. The predicted molar refractivity (Wildman–Crippen MR) is 81.3 cm³/mol. The first-order valence-electron chi connectivity index (χ1n) is 6.92. The number of nitrogens with one attached hydrogen (secondary N) is 2. The van der Waals surface area contributed by atoms with Gasteiger partial charge in [0.2, 0.25) is 5.76 Å². The molecule has 1 aromatic heterocycles. The van der Waals surface area contributed by atoms with Crippen LogP contribution in [0.2, 0.25) is 0 Å². The van der Waals surface area contributed by atoms with E-state index >= 15 is 0 Å². The van der Waals surface area contributed by atoms with E-state index in [-0.39, 0.29) is 11.2 Å². The molecule has 0 fully saturated rings. The molecule has 0 radical (unpaired) electrons. The van der Waals surface area contributed by atoms with Gasteiger partial charge in [-0.3, -0.25) is 20.4 Å². The number of hydrogen-bond acceptors (Lipinski definition) is 4. The summed E-state index contributed by atoms with van der Waals surface area (Å²) in [5.41, 5.74) is 6.82. The van der Waals surface area contributed by atoms with E-state index in [0.29, 0.717) is 11.3 Å². The minimum atomic E-state index is -0.555. The summed E-state index contributed by atoms with van der Waals surface area (Å²) in [6.45, 7) is 8.00. The molecule has 0 aliphatic rings. The fourth-order valence-electron chi connectivity index (χ4n) is 1.84. The van der Waals surface area contributed by atoms with Crippen LogP contribution in [-0.2, 0) is 5.41 Å². The van der Waals surface area contributed by atoms with Crippen molar-refractivity contribution in [1.29, 1.82) is 0 Å². The van der Waals surface area contributed by atoms with Crippen molar-refractivity contribution < 1.29 is 14.1 Å². The molecular weight excluding hydrogens is 282 g/mol. The molecule has 0 aliphatic carbocycles. The van der Waals surface area contributed by atoms with Gasteiger partial charge in [-0.15, -0.1) is 0 Å². The zero-order chi connectivity index (χ0) is 16.3. The first kappa shape index (κ1) is 15.8. The van der Waals surface area contributed by atoms with Crippen LogP contribution in [0.4, 0.5) is 0 Å². The van der Waals surface area contributed by atoms with Crippen LogP contribution in [0.5, 0.6) is 0 Å². The Labute approximate surface area is 128 Å². The van der Waals surface area contributed by atoms with Gasteiger partial charge in [-0.25, -0.2) is 0 Å². The number of carbonyl (C=O) groups is 2. The molecule has 6 nitrogen and oxygen atoms in total. The maximum absolute atomic E-state index is 12.0. The largest absolute Gasteiger partial charge is 0.351 e. The summed E-state index contributed by atoms with van der Waals surface area (Å²) in [5.74, 6) is -0.911. The van der Waals surface area contributed by atoms with Crippen molar-refractivity contribution in [3.05, 3.63) is 52.9 Å². The highest BCUT2D eigenvalue weighted by Crippen LogP contribution is 2.22. The summed E-state index contributed by atoms with van der Waals surface area (Å²) in [6, 6.07) is 8.73. The molecule has 0 aliphatic heterocycles. The Hall–Kier alpha value is -2.63. The molecule has 0 bridgehead atoms. The number of aromatic nitrogens is 1. The van der Waals surface area contributed by atoms with Crippen molar-refractivity contribution in [2.24, 2.45) is 0 Å². The van der Waals surface area contributed by atoms with Gasteiger partial charge in [-0.05, 0) is 30.0 Å². The minimum Gasteiger partial charge on any atom is -0.351 e. The van der Waals surface area contributed by atoms with Gasteiger partial charge in [0.1, 0.15) is 0 Å². The number of hydrogen-bond donors (Lipinski definition) is 2. The van der Waals surface area contributed by atoms with Gasteiger partial charge in [-0.1, -0.05) is 38.1 Å². The number of amides is 2.